The summed E-state index contributed by atoms with van der Waals surface area (Å²) in [5.41, 5.74) is -0.0616. The zero-order valence-corrected chi connectivity index (χ0v) is 13.3. The Morgan fingerprint density at radius 2 is 1.43 bits per heavy atom. The van der Waals surface area contributed by atoms with Gasteiger partial charge in [0.1, 0.15) is 0 Å². The van der Waals surface area contributed by atoms with E-state index in [9.17, 15) is 9.59 Å². The molecule has 0 spiro atoms. The maximum absolute atomic E-state index is 11.0. The van der Waals surface area contributed by atoms with Gasteiger partial charge in [-0.25, -0.2) is 0 Å². The predicted molar refractivity (Wildman–Crippen MR) is 86.8 cm³/mol. The van der Waals surface area contributed by atoms with E-state index >= 15 is 0 Å². The van der Waals surface area contributed by atoms with Crippen molar-refractivity contribution in [1.29, 1.82) is 0 Å². The molecular formula is C16H31KO4. The van der Waals surface area contributed by atoms with Gasteiger partial charge in [-0.05, 0) is 24.2 Å². The van der Waals surface area contributed by atoms with E-state index in [0.29, 0.717) is 0 Å². The molecule has 2 N–H and O–H groups in total. The molecule has 120 valence electrons. The first kappa shape index (κ1) is 23.8. The predicted octanol–water partition coefficient (Wildman–Crippen LogP) is 3.54. The molecule has 0 aromatic heterocycles. The summed E-state index contributed by atoms with van der Waals surface area (Å²) in [6, 6.07) is 0. The molecule has 1 atom stereocenters. The van der Waals surface area contributed by atoms with Crippen LogP contribution in [0.2, 0.25) is 0 Å². The van der Waals surface area contributed by atoms with Gasteiger partial charge < -0.3 is 10.2 Å². The van der Waals surface area contributed by atoms with Crippen LogP contribution in [0.3, 0.4) is 0 Å². The van der Waals surface area contributed by atoms with Gasteiger partial charge in [0.05, 0.1) is 0 Å². The number of carbonyl (C=O) groups is 2. The molecule has 0 aromatic rings. The number of unbranched alkanes of at least 4 members (excludes halogenated alkanes) is 4. The summed E-state index contributed by atoms with van der Waals surface area (Å²) in [6.45, 7) is 8.35. The molecule has 0 fully saturated rings. The van der Waals surface area contributed by atoms with Crippen molar-refractivity contribution >= 4 is 63.3 Å². The van der Waals surface area contributed by atoms with Crippen molar-refractivity contribution in [1.82, 2.24) is 0 Å². The second-order valence-electron chi connectivity index (χ2n) is 6.73. The number of hydrogen-bond donors (Lipinski definition) is 2. The number of carboxylic acid groups (broad SMARTS) is 2. The molecule has 0 heterocycles. The molecule has 0 radical (unpaired) electrons. The molecular weight excluding hydrogens is 295 g/mol. The maximum atomic E-state index is 11.0. The first-order valence-electron chi connectivity index (χ1n) is 7.65. The van der Waals surface area contributed by atoms with Crippen LogP contribution in [0, 0.1) is 17.3 Å². The van der Waals surface area contributed by atoms with Crippen LogP contribution in [0.5, 0.6) is 0 Å². The Labute approximate surface area is 171 Å². The third kappa shape index (κ3) is 10.9. The van der Waals surface area contributed by atoms with E-state index in [-0.39, 0.29) is 69.1 Å². The quantitative estimate of drug-likeness (QED) is 0.366. The van der Waals surface area contributed by atoms with E-state index in [0.717, 1.165) is 19.3 Å². The van der Waals surface area contributed by atoms with Gasteiger partial charge in [-0.2, -0.15) is 0 Å². The van der Waals surface area contributed by atoms with Crippen molar-refractivity contribution in [3.8, 4) is 0 Å². The standard InChI is InChI=1S/C16H30O4.K.H/c1-5-6-7-8-9-10-12(16(2,3)4)11-13(14(17)18)15(19)20;;/h12-13H,5-11H2,1-4H3,(H,17,18)(H,19,20);;. The summed E-state index contributed by atoms with van der Waals surface area (Å²) in [5.74, 6) is -3.60. The van der Waals surface area contributed by atoms with Gasteiger partial charge >= 0.3 is 63.3 Å². The van der Waals surface area contributed by atoms with Gasteiger partial charge in [0.15, 0.2) is 5.92 Å². The fourth-order valence-electron chi connectivity index (χ4n) is 2.49. The fourth-order valence-corrected chi connectivity index (χ4v) is 2.49. The fraction of sp³-hybridized carbons (Fsp3) is 0.875. The summed E-state index contributed by atoms with van der Waals surface area (Å²) in [4.78, 5) is 22.1. The van der Waals surface area contributed by atoms with Crippen LogP contribution in [0.15, 0.2) is 0 Å². The van der Waals surface area contributed by atoms with Gasteiger partial charge in [-0.1, -0.05) is 59.8 Å². The molecule has 0 bridgehead atoms. The Kier molecular flexibility index (Phi) is 13.7. The average Bonchev–Trinajstić information content (AvgIpc) is 2.29. The number of hydrogen-bond acceptors (Lipinski definition) is 2. The van der Waals surface area contributed by atoms with Crippen LogP contribution in [0.25, 0.3) is 0 Å². The molecule has 0 aromatic carbocycles. The van der Waals surface area contributed by atoms with Crippen LogP contribution in [0.1, 0.15) is 72.6 Å². The Balaban J connectivity index is 0. The summed E-state index contributed by atoms with van der Waals surface area (Å²) >= 11 is 0. The average molecular weight is 327 g/mol. The Morgan fingerprint density at radius 3 is 1.81 bits per heavy atom. The summed E-state index contributed by atoms with van der Waals surface area (Å²) in [7, 11) is 0. The van der Waals surface area contributed by atoms with E-state index in [1.54, 1.807) is 0 Å². The van der Waals surface area contributed by atoms with E-state index in [4.69, 9.17) is 10.2 Å². The molecule has 0 aliphatic rings. The molecule has 4 nitrogen and oxygen atoms in total. The van der Waals surface area contributed by atoms with Crippen LogP contribution in [0.4, 0.5) is 0 Å². The zero-order valence-electron chi connectivity index (χ0n) is 13.3. The van der Waals surface area contributed by atoms with Gasteiger partial charge in [0.2, 0.25) is 0 Å². The molecule has 5 heteroatoms. The van der Waals surface area contributed by atoms with Crippen molar-refractivity contribution in [3.63, 3.8) is 0 Å². The number of rotatable bonds is 10. The molecule has 0 aliphatic carbocycles. The topological polar surface area (TPSA) is 74.6 Å². The first-order valence-corrected chi connectivity index (χ1v) is 7.65. The van der Waals surface area contributed by atoms with Gasteiger partial charge in [-0.3, -0.25) is 9.59 Å². The summed E-state index contributed by atoms with van der Waals surface area (Å²) in [5, 5.41) is 18.0. The van der Waals surface area contributed by atoms with Gasteiger partial charge in [0, 0.05) is 0 Å². The summed E-state index contributed by atoms with van der Waals surface area (Å²) in [6.07, 6.45) is 6.95. The molecule has 0 rings (SSSR count). The molecule has 0 aliphatic heterocycles. The third-order valence-corrected chi connectivity index (χ3v) is 4.00. The molecule has 0 saturated carbocycles. The minimum absolute atomic E-state index is 0. The molecule has 0 saturated heterocycles. The molecule has 0 amide bonds. The van der Waals surface area contributed by atoms with Crippen LogP contribution in [-0.2, 0) is 9.59 Å². The van der Waals surface area contributed by atoms with E-state index < -0.39 is 17.9 Å². The second-order valence-corrected chi connectivity index (χ2v) is 6.73. The van der Waals surface area contributed by atoms with Gasteiger partial charge in [-0.15, -0.1) is 0 Å². The minimum atomic E-state index is -1.28. The Bertz CT molecular complexity index is 296. The normalized spacial score (nSPS) is 12.8. The third-order valence-electron chi connectivity index (χ3n) is 4.00. The molecule has 1 unspecified atom stereocenters. The number of aliphatic carboxylic acids is 2. The van der Waals surface area contributed by atoms with Gasteiger partial charge in [0.25, 0.3) is 0 Å². The van der Waals surface area contributed by atoms with Crippen molar-refractivity contribution < 1.29 is 19.8 Å². The second kappa shape index (κ2) is 12.1. The van der Waals surface area contributed by atoms with Crippen molar-refractivity contribution in [2.24, 2.45) is 17.3 Å². The zero-order chi connectivity index (χ0) is 15.8. The number of carboxylic acids is 2. The summed E-state index contributed by atoms with van der Waals surface area (Å²) < 4.78 is 0. The Morgan fingerprint density at radius 1 is 0.952 bits per heavy atom. The van der Waals surface area contributed by atoms with Crippen molar-refractivity contribution in [2.45, 2.75) is 72.6 Å². The first-order chi connectivity index (χ1) is 9.20. The van der Waals surface area contributed by atoms with E-state index in [1.807, 2.05) is 0 Å². The van der Waals surface area contributed by atoms with Crippen molar-refractivity contribution in [2.75, 3.05) is 0 Å². The van der Waals surface area contributed by atoms with E-state index in [2.05, 4.69) is 27.7 Å². The Hall–Kier alpha value is 0.576. The van der Waals surface area contributed by atoms with Crippen molar-refractivity contribution in [3.05, 3.63) is 0 Å². The van der Waals surface area contributed by atoms with Crippen LogP contribution in [-0.4, -0.2) is 73.5 Å². The van der Waals surface area contributed by atoms with E-state index in [1.165, 1.54) is 19.3 Å². The monoisotopic (exact) mass is 326 g/mol. The van der Waals surface area contributed by atoms with Crippen LogP contribution >= 0.6 is 0 Å². The molecule has 21 heavy (non-hydrogen) atoms. The van der Waals surface area contributed by atoms with Crippen LogP contribution < -0.4 is 0 Å². The SMILES string of the molecule is CCCCCCCC(CC(C(=O)O)C(=O)O)C(C)(C)C.[KH].